The molecule has 1 aromatic carbocycles. The van der Waals surface area contributed by atoms with E-state index < -0.39 is 10.8 Å². The lowest BCUT2D eigenvalue weighted by molar-refractivity contribution is 0.473. The van der Waals surface area contributed by atoms with Gasteiger partial charge in [-0.2, -0.15) is 0 Å². The smallest absolute Gasteiger partial charge is 0.115 e. The first-order valence-electron chi connectivity index (χ1n) is 4.89. The van der Waals surface area contributed by atoms with Gasteiger partial charge in [0, 0.05) is 35.4 Å². The number of rotatable bonds is 5. The Morgan fingerprint density at radius 1 is 1.53 bits per heavy atom. The van der Waals surface area contributed by atoms with Crippen LogP contribution in [0.5, 0.6) is 5.75 Å². The van der Waals surface area contributed by atoms with Gasteiger partial charge in [-0.1, -0.05) is 12.1 Å². The minimum atomic E-state index is -0.770. The summed E-state index contributed by atoms with van der Waals surface area (Å²) in [5.74, 6) is 0.930. The molecule has 0 amide bonds. The van der Waals surface area contributed by atoms with E-state index in [1.54, 1.807) is 18.4 Å². The highest BCUT2D eigenvalue weighted by atomic mass is 32.2. The molecule has 0 radical (unpaired) electrons. The van der Waals surface area contributed by atoms with E-state index >= 15 is 0 Å². The van der Waals surface area contributed by atoms with Crippen molar-refractivity contribution in [1.29, 1.82) is 0 Å². The van der Waals surface area contributed by atoms with Crippen molar-refractivity contribution in [3.63, 3.8) is 0 Å². The van der Waals surface area contributed by atoms with E-state index in [2.05, 4.69) is 5.32 Å². The second-order valence-corrected chi connectivity index (χ2v) is 5.17. The predicted octanol–water partition coefficient (Wildman–Crippen LogP) is 1.25. The quantitative estimate of drug-likeness (QED) is 0.796. The number of benzene rings is 1. The van der Waals surface area contributed by atoms with Gasteiger partial charge in [-0.05, 0) is 24.6 Å². The molecule has 2 unspecified atom stereocenters. The van der Waals surface area contributed by atoms with Gasteiger partial charge in [-0.3, -0.25) is 4.21 Å². The third-order valence-corrected chi connectivity index (χ3v) is 3.02. The number of nitrogens with one attached hydrogen (secondary N) is 1. The fraction of sp³-hybridized carbons (Fsp3) is 0.455. The van der Waals surface area contributed by atoms with Gasteiger partial charge < -0.3 is 10.4 Å². The average molecular weight is 227 g/mol. The van der Waals surface area contributed by atoms with Crippen molar-refractivity contribution in [2.45, 2.75) is 19.5 Å². The number of phenolic OH excluding ortho intramolecular Hbond substituents is 1. The normalized spacial score (nSPS) is 14.8. The summed E-state index contributed by atoms with van der Waals surface area (Å²) in [4.78, 5) is 0. The van der Waals surface area contributed by atoms with Crippen molar-refractivity contribution < 1.29 is 9.32 Å². The van der Waals surface area contributed by atoms with E-state index in [0.717, 1.165) is 5.56 Å². The van der Waals surface area contributed by atoms with Gasteiger partial charge in [0.1, 0.15) is 5.75 Å². The molecule has 0 aromatic heterocycles. The largest absolute Gasteiger partial charge is 0.508 e. The summed E-state index contributed by atoms with van der Waals surface area (Å²) >= 11 is 0. The summed E-state index contributed by atoms with van der Waals surface area (Å²) < 4.78 is 11.0. The number of phenols is 1. The topological polar surface area (TPSA) is 49.3 Å². The monoisotopic (exact) mass is 227 g/mol. The minimum Gasteiger partial charge on any atom is -0.508 e. The molecule has 0 spiro atoms. The van der Waals surface area contributed by atoms with E-state index in [1.165, 1.54) is 0 Å². The zero-order valence-electron chi connectivity index (χ0n) is 9.06. The second kappa shape index (κ2) is 5.88. The Balaban J connectivity index is 2.40. The van der Waals surface area contributed by atoms with Crippen molar-refractivity contribution in [1.82, 2.24) is 5.32 Å². The maximum Gasteiger partial charge on any atom is 0.115 e. The lowest BCUT2D eigenvalue weighted by Crippen LogP contribution is -2.30. The van der Waals surface area contributed by atoms with Crippen molar-refractivity contribution >= 4 is 10.8 Å². The second-order valence-electron chi connectivity index (χ2n) is 3.69. The molecule has 0 saturated heterocycles. The number of aromatic hydroxyl groups is 1. The summed E-state index contributed by atoms with van der Waals surface area (Å²) in [7, 11) is -0.770. The molecule has 1 aromatic rings. The minimum absolute atomic E-state index is 0.221. The van der Waals surface area contributed by atoms with Crippen LogP contribution in [0.2, 0.25) is 0 Å². The van der Waals surface area contributed by atoms with Crippen LogP contribution in [0.1, 0.15) is 12.5 Å². The highest BCUT2D eigenvalue weighted by molar-refractivity contribution is 7.84. The van der Waals surface area contributed by atoms with Gasteiger partial charge >= 0.3 is 0 Å². The number of hydrogen-bond donors (Lipinski definition) is 2. The standard InChI is InChI=1S/C11H17NO2S/c1-9(8-15(2)14)12-7-10-4-3-5-11(13)6-10/h3-6,9,12-13H,7-8H2,1-2H3. The number of hydrogen-bond acceptors (Lipinski definition) is 3. The van der Waals surface area contributed by atoms with Crippen LogP contribution >= 0.6 is 0 Å². The molecule has 4 heteroatoms. The van der Waals surface area contributed by atoms with Crippen LogP contribution in [0.4, 0.5) is 0 Å². The average Bonchev–Trinajstić information content (AvgIpc) is 2.14. The first-order valence-corrected chi connectivity index (χ1v) is 6.62. The van der Waals surface area contributed by atoms with Crippen LogP contribution in [0.15, 0.2) is 24.3 Å². The van der Waals surface area contributed by atoms with Crippen LogP contribution < -0.4 is 5.32 Å². The SMILES string of the molecule is CC(CS(C)=O)NCc1cccc(O)c1. The fourth-order valence-corrected chi connectivity index (χ4v) is 2.19. The first kappa shape index (κ1) is 12.2. The van der Waals surface area contributed by atoms with E-state index in [-0.39, 0.29) is 11.8 Å². The Labute approximate surface area is 93.0 Å². The van der Waals surface area contributed by atoms with E-state index in [9.17, 15) is 9.32 Å². The van der Waals surface area contributed by atoms with E-state index in [0.29, 0.717) is 12.3 Å². The molecule has 0 aliphatic carbocycles. The summed E-state index contributed by atoms with van der Waals surface area (Å²) in [5, 5.41) is 12.5. The molecule has 0 aliphatic rings. The zero-order valence-corrected chi connectivity index (χ0v) is 9.88. The molecule has 0 bridgehead atoms. The maximum atomic E-state index is 11.0. The molecule has 2 atom stereocenters. The third kappa shape index (κ3) is 4.95. The van der Waals surface area contributed by atoms with Crippen molar-refractivity contribution in [2.75, 3.05) is 12.0 Å². The molecule has 15 heavy (non-hydrogen) atoms. The van der Waals surface area contributed by atoms with Gasteiger partial charge in [-0.15, -0.1) is 0 Å². The molecule has 2 N–H and O–H groups in total. The Morgan fingerprint density at radius 2 is 2.27 bits per heavy atom. The molecule has 0 fully saturated rings. The molecule has 3 nitrogen and oxygen atoms in total. The van der Waals surface area contributed by atoms with Gasteiger partial charge in [0.15, 0.2) is 0 Å². The van der Waals surface area contributed by atoms with Crippen LogP contribution in [0.3, 0.4) is 0 Å². The summed E-state index contributed by atoms with van der Waals surface area (Å²) in [6.45, 7) is 2.69. The van der Waals surface area contributed by atoms with Gasteiger partial charge in [0.2, 0.25) is 0 Å². The molecule has 0 saturated carbocycles. The first-order chi connectivity index (χ1) is 7.08. The van der Waals surface area contributed by atoms with E-state index in [1.807, 2.05) is 19.1 Å². The lowest BCUT2D eigenvalue weighted by Gasteiger charge is -2.12. The maximum absolute atomic E-state index is 11.0. The summed E-state index contributed by atoms with van der Waals surface area (Å²) in [5.41, 5.74) is 1.03. The highest BCUT2D eigenvalue weighted by Gasteiger charge is 2.03. The molecule has 0 heterocycles. The Morgan fingerprint density at radius 3 is 2.87 bits per heavy atom. The van der Waals surface area contributed by atoms with Crippen LogP contribution in [-0.2, 0) is 17.3 Å². The highest BCUT2D eigenvalue weighted by Crippen LogP contribution is 2.10. The Bertz CT molecular complexity index is 341. The van der Waals surface area contributed by atoms with Crippen molar-refractivity contribution in [2.24, 2.45) is 0 Å². The van der Waals surface area contributed by atoms with Crippen LogP contribution in [-0.4, -0.2) is 27.4 Å². The Kier molecular flexibility index (Phi) is 4.78. The van der Waals surface area contributed by atoms with E-state index in [4.69, 9.17) is 0 Å². The predicted molar refractivity (Wildman–Crippen MR) is 63.3 cm³/mol. The fourth-order valence-electron chi connectivity index (χ4n) is 1.37. The summed E-state index contributed by atoms with van der Waals surface area (Å²) in [6, 6.07) is 7.35. The van der Waals surface area contributed by atoms with Gasteiger partial charge in [0.05, 0.1) is 0 Å². The van der Waals surface area contributed by atoms with Gasteiger partial charge in [-0.25, -0.2) is 0 Å². The van der Waals surface area contributed by atoms with Gasteiger partial charge in [0.25, 0.3) is 0 Å². The zero-order chi connectivity index (χ0) is 11.3. The summed E-state index contributed by atoms with van der Waals surface area (Å²) in [6.07, 6.45) is 1.70. The molecule has 0 aliphatic heterocycles. The van der Waals surface area contributed by atoms with Crippen LogP contribution in [0, 0.1) is 0 Å². The molecular weight excluding hydrogens is 210 g/mol. The molecule has 84 valence electrons. The van der Waals surface area contributed by atoms with Crippen molar-refractivity contribution in [3.05, 3.63) is 29.8 Å². The Hall–Kier alpha value is -0.870. The molecule has 1 rings (SSSR count). The third-order valence-electron chi connectivity index (χ3n) is 2.05. The lowest BCUT2D eigenvalue weighted by atomic mass is 10.2. The van der Waals surface area contributed by atoms with Crippen LogP contribution in [0.25, 0.3) is 0 Å². The van der Waals surface area contributed by atoms with Crippen molar-refractivity contribution in [3.8, 4) is 5.75 Å². The molecular formula is C11H17NO2S.